The molecular weight excluding hydrogens is 290 g/mol. The van der Waals surface area contributed by atoms with Crippen molar-refractivity contribution in [2.24, 2.45) is 0 Å². The molecular formula is C17H19N5O. The van der Waals surface area contributed by atoms with Crippen molar-refractivity contribution in [2.75, 3.05) is 5.32 Å². The molecule has 2 heterocycles. The summed E-state index contributed by atoms with van der Waals surface area (Å²) in [6, 6.07) is 7.38. The normalized spacial score (nSPS) is 11.0. The van der Waals surface area contributed by atoms with Gasteiger partial charge in [-0.2, -0.15) is 0 Å². The number of carbonyl (C=O) groups is 1. The molecule has 0 atom stereocenters. The average molecular weight is 309 g/mol. The van der Waals surface area contributed by atoms with Gasteiger partial charge in [-0.25, -0.2) is 4.68 Å². The van der Waals surface area contributed by atoms with Crippen LogP contribution >= 0.6 is 0 Å². The van der Waals surface area contributed by atoms with E-state index >= 15 is 0 Å². The van der Waals surface area contributed by atoms with E-state index in [0.29, 0.717) is 5.56 Å². The molecule has 0 bridgehead atoms. The molecule has 0 saturated heterocycles. The van der Waals surface area contributed by atoms with E-state index in [4.69, 9.17) is 0 Å². The van der Waals surface area contributed by atoms with Crippen molar-refractivity contribution >= 4 is 22.6 Å². The number of benzene rings is 1. The molecule has 118 valence electrons. The van der Waals surface area contributed by atoms with E-state index in [9.17, 15) is 4.79 Å². The van der Waals surface area contributed by atoms with E-state index in [0.717, 1.165) is 40.2 Å². The van der Waals surface area contributed by atoms with E-state index in [1.54, 1.807) is 16.8 Å². The summed E-state index contributed by atoms with van der Waals surface area (Å²) in [4.78, 5) is 16.9. The molecule has 2 aromatic heterocycles. The zero-order chi connectivity index (χ0) is 16.6. The van der Waals surface area contributed by atoms with Gasteiger partial charge in [0, 0.05) is 17.8 Å². The van der Waals surface area contributed by atoms with Gasteiger partial charge in [0.05, 0.1) is 16.9 Å². The van der Waals surface area contributed by atoms with E-state index < -0.39 is 0 Å². The summed E-state index contributed by atoms with van der Waals surface area (Å²) in [5.74, 6) is -0.171. The number of anilines is 1. The van der Waals surface area contributed by atoms with Crippen LogP contribution in [-0.2, 0) is 6.54 Å². The lowest BCUT2D eigenvalue weighted by molar-refractivity contribution is 0.102. The van der Waals surface area contributed by atoms with E-state index in [2.05, 4.69) is 20.6 Å². The van der Waals surface area contributed by atoms with Gasteiger partial charge in [-0.3, -0.25) is 9.78 Å². The van der Waals surface area contributed by atoms with Gasteiger partial charge in [0.15, 0.2) is 0 Å². The summed E-state index contributed by atoms with van der Waals surface area (Å²) in [6.07, 6.45) is 0. The SMILES string of the molecule is CCn1nnc2cc(C(=O)Nc3c(C)cc(C)nc3C)ccc21. The molecule has 0 fully saturated rings. The number of rotatable bonds is 3. The van der Waals surface area contributed by atoms with E-state index in [-0.39, 0.29) is 5.91 Å². The van der Waals surface area contributed by atoms with Crippen LogP contribution in [0.2, 0.25) is 0 Å². The van der Waals surface area contributed by atoms with Crippen LogP contribution in [0.4, 0.5) is 5.69 Å². The van der Waals surface area contributed by atoms with Crippen LogP contribution in [0, 0.1) is 20.8 Å². The zero-order valence-corrected chi connectivity index (χ0v) is 13.7. The molecule has 0 radical (unpaired) electrons. The molecule has 3 rings (SSSR count). The minimum Gasteiger partial charge on any atom is -0.320 e. The van der Waals surface area contributed by atoms with Crippen molar-refractivity contribution in [1.82, 2.24) is 20.0 Å². The topological polar surface area (TPSA) is 72.7 Å². The Bertz CT molecular complexity index is 874. The fourth-order valence-electron chi connectivity index (χ4n) is 2.75. The first-order valence-corrected chi connectivity index (χ1v) is 7.59. The first-order chi connectivity index (χ1) is 11.0. The van der Waals surface area contributed by atoms with Crippen molar-refractivity contribution in [3.63, 3.8) is 0 Å². The van der Waals surface area contributed by atoms with Gasteiger partial charge in [0.2, 0.25) is 0 Å². The molecule has 0 saturated carbocycles. The van der Waals surface area contributed by atoms with Gasteiger partial charge in [-0.05, 0) is 57.5 Å². The quantitative estimate of drug-likeness (QED) is 0.807. The Morgan fingerprint density at radius 2 is 2.00 bits per heavy atom. The highest BCUT2D eigenvalue weighted by Crippen LogP contribution is 2.21. The molecule has 1 N–H and O–H groups in total. The maximum absolute atomic E-state index is 12.5. The lowest BCUT2D eigenvalue weighted by Gasteiger charge is -2.12. The molecule has 3 aromatic rings. The van der Waals surface area contributed by atoms with Gasteiger partial charge in [-0.1, -0.05) is 5.21 Å². The van der Waals surface area contributed by atoms with Crippen LogP contribution in [0.15, 0.2) is 24.3 Å². The Morgan fingerprint density at radius 1 is 1.22 bits per heavy atom. The Hall–Kier alpha value is -2.76. The summed E-state index contributed by atoms with van der Waals surface area (Å²) in [5, 5.41) is 11.1. The van der Waals surface area contributed by atoms with Crippen molar-refractivity contribution in [1.29, 1.82) is 0 Å². The zero-order valence-electron chi connectivity index (χ0n) is 13.7. The molecule has 0 aliphatic heterocycles. The molecule has 1 aromatic carbocycles. The third kappa shape index (κ3) is 2.79. The van der Waals surface area contributed by atoms with Crippen LogP contribution in [0.3, 0.4) is 0 Å². The molecule has 0 aliphatic carbocycles. The van der Waals surface area contributed by atoms with Crippen LogP contribution in [0.1, 0.15) is 34.2 Å². The third-order valence-electron chi connectivity index (χ3n) is 3.84. The molecule has 6 nitrogen and oxygen atoms in total. The summed E-state index contributed by atoms with van der Waals surface area (Å²) >= 11 is 0. The Morgan fingerprint density at radius 3 is 2.70 bits per heavy atom. The lowest BCUT2D eigenvalue weighted by atomic mass is 10.1. The fraction of sp³-hybridized carbons (Fsp3) is 0.294. The second-order valence-electron chi connectivity index (χ2n) is 5.60. The standard InChI is InChI=1S/C17H19N5O/c1-5-22-15-7-6-13(9-14(15)20-21-22)17(23)19-16-10(2)8-11(3)18-12(16)4/h6-9H,5H2,1-4H3,(H,19,23). The first-order valence-electron chi connectivity index (χ1n) is 7.59. The number of fused-ring (bicyclic) bond motifs is 1. The van der Waals surface area contributed by atoms with Gasteiger partial charge >= 0.3 is 0 Å². The number of hydrogen-bond acceptors (Lipinski definition) is 4. The summed E-state index contributed by atoms with van der Waals surface area (Å²) in [6.45, 7) is 8.55. The average Bonchev–Trinajstić information content (AvgIpc) is 2.92. The highest BCUT2D eigenvalue weighted by Gasteiger charge is 2.13. The number of nitrogens with zero attached hydrogens (tertiary/aromatic N) is 4. The molecule has 0 unspecified atom stereocenters. The lowest BCUT2D eigenvalue weighted by Crippen LogP contribution is -2.14. The van der Waals surface area contributed by atoms with E-state index in [1.807, 2.05) is 39.8 Å². The summed E-state index contributed by atoms with van der Waals surface area (Å²) in [5.41, 5.74) is 5.71. The number of carbonyl (C=O) groups excluding carboxylic acids is 1. The second-order valence-corrected chi connectivity index (χ2v) is 5.60. The van der Waals surface area contributed by atoms with Gasteiger partial charge in [0.25, 0.3) is 5.91 Å². The van der Waals surface area contributed by atoms with Crippen molar-refractivity contribution in [3.05, 3.63) is 46.8 Å². The van der Waals surface area contributed by atoms with Crippen LogP contribution in [0.5, 0.6) is 0 Å². The number of amides is 1. The van der Waals surface area contributed by atoms with Crippen LogP contribution in [0.25, 0.3) is 11.0 Å². The number of aryl methyl sites for hydroxylation is 4. The molecule has 6 heteroatoms. The Labute approximate surface area is 134 Å². The van der Waals surface area contributed by atoms with Crippen molar-refractivity contribution in [2.45, 2.75) is 34.2 Å². The van der Waals surface area contributed by atoms with Crippen molar-refractivity contribution in [3.8, 4) is 0 Å². The van der Waals surface area contributed by atoms with Gasteiger partial charge in [0.1, 0.15) is 5.52 Å². The smallest absolute Gasteiger partial charge is 0.255 e. The van der Waals surface area contributed by atoms with Gasteiger partial charge < -0.3 is 5.32 Å². The minimum atomic E-state index is -0.171. The maximum Gasteiger partial charge on any atom is 0.255 e. The second kappa shape index (κ2) is 5.79. The predicted molar refractivity (Wildman–Crippen MR) is 89.6 cm³/mol. The number of aromatic nitrogens is 4. The highest BCUT2D eigenvalue weighted by molar-refractivity contribution is 6.06. The first kappa shape index (κ1) is 15.1. The molecule has 23 heavy (non-hydrogen) atoms. The molecule has 0 aliphatic rings. The van der Waals surface area contributed by atoms with Gasteiger partial charge in [-0.15, -0.1) is 5.10 Å². The molecule has 1 amide bonds. The summed E-state index contributed by atoms with van der Waals surface area (Å²) in [7, 11) is 0. The third-order valence-corrected chi connectivity index (χ3v) is 3.84. The Balaban J connectivity index is 1.92. The largest absolute Gasteiger partial charge is 0.320 e. The summed E-state index contributed by atoms with van der Waals surface area (Å²) < 4.78 is 1.80. The maximum atomic E-state index is 12.5. The number of pyridine rings is 1. The van der Waals surface area contributed by atoms with Crippen LogP contribution in [-0.4, -0.2) is 25.9 Å². The van der Waals surface area contributed by atoms with E-state index in [1.165, 1.54) is 0 Å². The minimum absolute atomic E-state index is 0.171. The van der Waals surface area contributed by atoms with Crippen molar-refractivity contribution < 1.29 is 4.79 Å². The number of nitrogens with one attached hydrogen (secondary N) is 1. The Kier molecular flexibility index (Phi) is 3.82. The fourth-order valence-corrected chi connectivity index (χ4v) is 2.75. The number of hydrogen-bond donors (Lipinski definition) is 1. The molecule has 0 spiro atoms. The predicted octanol–water partition coefficient (Wildman–Crippen LogP) is 3.02. The monoisotopic (exact) mass is 309 g/mol. The van der Waals surface area contributed by atoms with Crippen LogP contribution < -0.4 is 5.32 Å². The highest BCUT2D eigenvalue weighted by atomic mass is 16.1.